The van der Waals surface area contributed by atoms with Gasteiger partial charge in [0.25, 0.3) is 0 Å². The van der Waals surface area contributed by atoms with Gasteiger partial charge in [0.05, 0.1) is 43.7 Å². The summed E-state index contributed by atoms with van der Waals surface area (Å²) in [6.45, 7) is 8.63. The second-order valence-electron chi connectivity index (χ2n) is 27.5. The molecule has 0 aliphatic heterocycles. The summed E-state index contributed by atoms with van der Waals surface area (Å²) in [5.41, 5.74) is 24.1. The van der Waals surface area contributed by atoms with Crippen LogP contribution in [0.25, 0.3) is 117 Å². The summed E-state index contributed by atoms with van der Waals surface area (Å²) in [6, 6.07) is 81.6. The summed E-state index contributed by atoms with van der Waals surface area (Å²) in [6.07, 6.45) is 3.52. The van der Waals surface area contributed by atoms with Crippen LogP contribution in [0.3, 0.4) is 0 Å². The summed E-state index contributed by atoms with van der Waals surface area (Å²) in [5.74, 6) is -0.501. The Morgan fingerprint density at radius 3 is 1.13 bits per heavy atom. The number of nitriles is 4. The van der Waals surface area contributed by atoms with E-state index in [1.807, 2.05) is 71.2 Å². The van der Waals surface area contributed by atoms with Crippen LogP contribution in [0.4, 0.5) is 0 Å². The van der Waals surface area contributed by atoms with Crippen LogP contribution in [-0.4, -0.2) is 29.1 Å². The van der Waals surface area contributed by atoms with Gasteiger partial charge in [-0.05, 0) is 143 Å². The van der Waals surface area contributed by atoms with Gasteiger partial charge in [-0.15, -0.1) is 45.3 Å². The molecule has 0 bridgehead atoms. The van der Waals surface area contributed by atoms with Gasteiger partial charge in [-0.3, -0.25) is 9.59 Å². The molecule has 10 aromatic carbocycles. The zero-order valence-electron chi connectivity index (χ0n) is 56.6. The van der Waals surface area contributed by atoms with E-state index in [0.717, 1.165) is 64.5 Å². The lowest BCUT2D eigenvalue weighted by Gasteiger charge is -2.34. The number of aryl methyl sites for hydroxylation is 4. The van der Waals surface area contributed by atoms with E-state index in [1.165, 1.54) is 97.0 Å². The first kappa shape index (κ1) is 63.4. The standard InChI is InChI=1S/C90H48N8O2S6/c1-45-13-23-55(24-14-45)89(56-25-15-46(2)16-26-56)69-36-52-38-74(64-32-22-50(80-82(64)98-106-96-80)34-68-76(54(43-93)44-94)60-10-6-8-12-62(60)84(68)100)101-71(52)39-66(69)86-78(89)88-87(104-86)77-85(103-88)65-35-51-37-73(102-72(51)40-70(65)90(77,57-27-17-47(3)18-28-57)58-29-19-48(4)20-30-58)63-31-21-49(79-81(63)97-105-95-79)33-67-75(53(41-91)42-92)59-9-5-7-11-61(59)83(67)99/h5-40H,1-4H3/b67-33-,68-34-. The van der Waals surface area contributed by atoms with Crippen LogP contribution in [0.2, 0.25) is 0 Å². The van der Waals surface area contributed by atoms with Gasteiger partial charge >= 0.3 is 0 Å². The van der Waals surface area contributed by atoms with E-state index in [4.69, 9.17) is 17.5 Å². The lowest BCUT2D eigenvalue weighted by atomic mass is 9.66. The highest BCUT2D eigenvalue weighted by Gasteiger charge is 2.54. The Hall–Kier alpha value is -12.3. The SMILES string of the molecule is Cc1ccc(C2(c3ccc(C)cc3)c3cc4cc(-c5ccc(/C=C6\C(=O)c7ccccc7C6=C(C#N)C#N)c6nsnc56)sc4cc3-c3sc4c5c(sc4c32)-c2cc3cc(-c4ccc(/C=C6\C(=O)c7ccccc7C6=C(C#N)C#N)c6nsnc46)sc3cc2C5(c2ccc(C)cc2)c2ccc(C)cc2)cc1. The topological polar surface area (TPSA) is 181 Å². The van der Waals surface area contributed by atoms with Crippen LogP contribution in [0, 0.1) is 73.0 Å². The molecule has 6 aromatic heterocycles. The fourth-order valence-electron chi connectivity index (χ4n) is 16.9. The first-order valence-electron chi connectivity index (χ1n) is 34.2. The number of fused-ring (bicyclic) bond motifs is 15. The lowest BCUT2D eigenvalue weighted by molar-refractivity contribution is 0.103. The molecule has 496 valence electrons. The van der Waals surface area contributed by atoms with Crippen molar-refractivity contribution in [1.29, 1.82) is 21.0 Å². The monoisotopic (exact) mass is 1460 g/mol. The number of carbonyl (C=O) groups excluding carboxylic acids is 2. The molecule has 20 rings (SSSR count). The van der Waals surface area contributed by atoms with E-state index in [9.17, 15) is 30.6 Å². The molecule has 0 atom stereocenters. The third kappa shape index (κ3) is 8.86. The fourth-order valence-corrected chi connectivity index (χ4v) is 23.4. The Bertz CT molecular complexity index is 6470. The molecule has 0 fully saturated rings. The van der Waals surface area contributed by atoms with Crippen molar-refractivity contribution in [2.45, 2.75) is 38.5 Å². The summed E-state index contributed by atoms with van der Waals surface area (Å²) >= 11 is 9.53. The van der Waals surface area contributed by atoms with Crippen molar-refractivity contribution in [3.05, 3.63) is 329 Å². The minimum Gasteiger partial charge on any atom is -0.289 e. The van der Waals surface area contributed by atoms with Crippen LogP contribution < -0.4 is 0 Å². The normalized spacial score (nSPS) is 14.9. The van der Waals surface area contributed by atoms with E-state index < -0.39 is 10.8 Å². The summed E-state index contributed by atoms with van der Waals surface area (Å²) < 4.78 is 24.3. The van der Waals surface area contributed by atoms with Gasteiger partial charge in [0.1, 0.15) is 57.5 Å². The second kappa shape index (κ2) is 23.6. The van der Waals surface area contributed by atoms with E-state index in [1.54, 1.807) is 71.2 Å². The van der Waals surface area contributed by atoms with Gasteiger partial charge in [-0.25, -0.2) is 0 Å². The number of hydrogen-bond donors (Lipinski definition) is 0. The zero-order chi connectivity index (χ0) is 71.8. The Morgan fingerprint density at radius 1 is 0.368 bits per heavy atom. The summed E-state index contributed by atoms with van der Waals surface area (Å²) in [7, 11) is 0. The van der Waals surface area contributed by atoms with Gasteiger partial charge in [-0.1, -0.05) is 192 Å². The number of thiophene rings is 4. The highest BCUT2D eigenvalue weighted by molar-refractivity contribution is 7.32. The first-order chi connectivity index (χ1) is 51.8. The van der Waals surface area contributed by atoms with Crippen LogP contribution in [0.5, 0.6) is 0 Å². The number of rotatable bonds is 8. The third-order valence-corrected chi connectivity index (χ3v) is 27.6. The van der Waals surface area contributed by atoms with Crippen molar-refractivity contribution in [3.63, 3.8) is 0 Å². The average molecular weight is 1470 g/mol. The maximum atomic E-state index is 14.1. The van der Waals surface area contributed by atoms with Crippen molar-refractivity contribution in [2.75, 3.05) is 0 Å². The average Bonchev–Trinajstić information content (AvgIpc) is 1.49. The molecule has 16 heteroatoms. The summed E-state index contributed by atoms with van der Waals surface area (Å²) in [5, 5.41) is 42.8. The molecule has 0 N–H and O–H groups in total. The quantitative estimate of drug-likeness (QED) is 0.105. The predicted octanol–water partition coefficient (Wildman–Crippen LogP) is 22.9. The molecular weight excluding hydrogens is 1420 g/mol. The Kier molecular flexibility index (Phi) is 14.1. The van der Waals surface area contributed by atoms with Crippen molar-refractivity contribution >= 4 is 155 Å². The molecule has 106 heavy (non-hydrogen) atoms. The van der Waals surface area contributed by atoms with Crippen molar-refractivity contribution in [3.8, 4) is 66.0 Å². The number of ketones is 2. The molecule has 10 nitrogen and oxygen atoms in total. The number of Topliss-reactive ketones (excluding diaryl/α,β-unsaturated/α-hetero) is 2. The second-order valence-corrected chi connectivity index (χ2v) is 32.7. The number of carbonyl (C=O) groups is 2. The molecule has 0 saturated heterocycles. The number of allylic oxidation sites excluding steroid dienone is 6. The van der Waals surface area contributed by atoms with Crippen LogP contribution in [-0.2, 0) is 10.8 Å². The van der Waals surface area contributed by atoms with Crippen LogP contribution >= 0.6 is 68.8 Å². The van der Waals surface area contributed by atoms with Gasteiger partial charge in [0.15, 0.2) is 11.6 Å². The molecular formula is C90H48N8O2S6. The highest BCUT2D eigenvalue weighted by Crippen LogP contribution is 2.69. The van der Waals surface area contributed by atoms with Crippen molar-refractivity contribution in [1.82, 2.24) is 17.5 Å². The maximum absolute atomic E-state index is 14.1. The van der Waals surface area contributed by atoms with E-state index >= 15 is 0 Å². The molecule has 16 aromatic rings. The maximum Gasteiger partial charge on any atom is 0.194 e. The van der Waals surface area contributed by atoms with Gasteiger partial charge in [0.2, 0.25) is 0 Å². The molecule has 4 aliphatic carbocycles. The zero-order valence-corrected chi connectivity index (χ0v) is 61.5. The Labute approximate surface area is 631 Å². The molecule has 6 heterocycles. The predicted molar refractivity (Wildman–Crippen MR) is 431 cm³/mol. The van der Waals surface area contributed by atoms with E-state index in [-0.39, 0.29) is 33.9 Å². The van der Waals surface area contributed by atoms with Gasteiger partial charge < -0.3 is 0 Å². The molecule has 0 saturated carbocycles. The smallest absolute Gasteiger partial charge is 0.194 e. The third-order valence-electron chi connectivity index (χ3n) is 21.7. The first-order valence-corrected chi connectivity index (χ1v) is 38.9. The number of aromatic nitrogens is 4. The fraction of sp³-hybridized carbons (Fsp3) is 0.0667. The number of benzene rings is 10. The largest absolute Gasteiger partial charge is 0.289 e. The van der Waals surface area contributed by atoms with E-state index in [0.29, 0.717) is 66.6 Å². The van der Waals surface area contributed by atoms with Crippen molar-refractivity contribution in [2.24, 2.45) is 0 Å². The minimum absolute atomic E-state index is 0.122. The lowest BCUT2D eigenvalue weighted by Crippen LogP contribution is -2.29. The van der Waals surface area contributed by atoms with Gasteiger partial charge in [-0.2, -0.15) is 38.5 Å². The molecule has 4 aliphatic rings. The summed E-state index contributed by atoms with van der Waals surface area (Å²) in [4.78, 5) is 32.8. The van der Waals surface area contributed by atoms with Crippen LogP contribution in [0.15, 0.2) is 229 Å². The van der Waals surface area contributed by atoms with E-state index in [2.05, 4.69) is 173 Å². The van der Waals surface area contributed by atoms with Crippen LogP contribution in [0.1, 0.15) is 110 Å². The Morgan fingerprint density at radius 2 is 0.726 bits per heavy atom. The minimum atomic E-state index is -0.776. The molecule has 0 spiro atoms. The Balaban J connectivity index is 0.788. The molecule has 0 amide bonds. The van der Waals surface area contributed by atoms with Gasteiger partial charge in [0, 0.05) is 95.7 Å². The number of nitrogens with zero attached hydrogens (tertiary/aromatic N) is 8. The number of hydrogen-bond acceptors (Lipinski definition) is 16. The molecule has 0 radical (unpaired) electrons. The van der Waals surface area contributed by atoms with Crippen molar-refractivity contribution < 1.29 is 9.59 Å². The molecule has 0 unspecified atom stereocenters. The highest BCUT2D eigenvalue weighted by atomic mass is 32.1.